The number of hydrogen-bond donors (Lipinski definition) is 1. The molecule has 4 heteroatoms. The zero-order chi connectivity index (χ0) is 18.1. The molecule has 0 spiro atoms. The van der Waals surface area contributed by atoms with Crippen molar-refractivity contribution in [2.45, 2.75) is 78.8 Å². The average Bonchev–Trinajstić information content (AvgIpc) is 2.96. The van der Waals surface area contributed by atoms with E-state index in [4.69, 9.17) is 4.98 Å². The molecule has 4 nitrogen and oxygen atoms in total. The summed E-state index contributed by atoms with van der Waals surface area (Å²) in [5.74, 6) is 1.04. The summed E-state index contributed by atoms with van der Waals surface area (Å²) in [6, 6.07) is 8.24. The summed E-state index contributed by atoms with van der Waals surface area (Å²) in [6.45, 7) is 7.56. The van der Waals surface area contributed by atoms with Gasteiger partial charge in [-0.05, 0) is 18.6 Å². The number of carbonyl (C=O) groups is 1. The molecule has 138 valence electrons. The molecular weight excluding hydrogens is 310 g/mol. The van der Waals surface area contributed by atoms with Gasteiger partial charge in [-0.1, -0.05) is 71.4 Å². The molecule has 0 aliphatic heterocycles. The van der Waals surface area contributed by atoms with Gasteiger partial charge < -0.3 is 9.88 Å². The molecule has 0 aliphatic carbocycles. The number of para-hydroxylation sites is 2. The number of carbonyl (C=O) groups excluding carboxylic acids is 1. The van der Waals surface area contributed by atoms with Crippen molar-refractivity contribution in [3.8, 4) is 0 Å². The molecule has 25 heavy (non-hydrogen) atoms. The smallest absolute Gasteiger partial charge is 0.222 e. The SMILES string of the molecule is CCCCCCCCCn1c(CNC(=O)C(C)C)nc2ccccc21. The Morgan fingerprint density at radius 1 is 1.08 bits per heavy atom. The fraction of sp³-hybridized carbons (Fsp3) is 0.619. The van der Waals surface area contributed by atoms with E-state index < -0.39 is 0 Å². The molecule has 0 saturated carbocycles. The summed E-state index contributed by atoms with van der Waals surface area (Å²) in [7, 11) is 0. The van der Waals surface area contributed by atoms with Crippen LogP contribution in [0.1, 0.15) is 71.5 Å². The lowest BCUT2D eigenvalue weighted by atomic mass is 10.1. The molecule has 1 heterocycles. The maximum atomic E-state index is 11.9. The second-order valence-corrected chi connectivity index (χ2v) is 7.16. The molecule has 1 N–H and O–H groups in total. The van der Waals surface area contributed by atoms with Crippen molar-refractivity contribution in [3.63, 3.8) is 0 Å². The van der Waals surface area contributed by atoms with Gasteiger partial charge in [0, 0.05) is 12.5 Å². The average molecular weight is 344 g/mol. The predicted molar refractivity (Wildman–Crippen MR) is 104 cm³/mol. The van der Waals surface area contributed by atoms with Gasteiger partial charge in [0.1, 0.15) is 5.82 Å². The maximum Gasteiger partial charge on any atom is 0.222 e. The molecule has 0 fully saturated rings. The Balaban J connectivity index is 1.96. The number of rotatable bonds is 11. The monoisotopic (exact) mass is 343 g/mol. The number of nitrogens with one attached hydrogen (secondary N) is 1. The highest BCUT2D eigenvalue weighted by Crippen LogP contribution is 2.18. The second-order valence-electron chi connectivity index (χ2n) is 7.16. The Morgan fingerprint density at radius 3 is 2.48 bits per heavy atom. The maximum absolute atomic E-state index is 11.9. The minimum Gasteiger partial charge on any atom is -0.349 e. The van der Waals surface area contributed by atoms with Gasteiger partial charge in [-0.2, -0.15) is 0 Å². The number of nitrogens with zero attached hydrogens (tertiary/aromatic N) is 2. The van der Waals surface area contributed by atoms with Gasteiger partial charge in [0.15, 0.2) is 0 Å². The third-order valence-electron chi connectivity index (χ3n) is 4.66. The van der Waals surface area contributed by atoms with Crippen molar-refractivity contribution in [3.05, 3.63) is 30.1 Å². The van der Waals surface area contributed by atoms with Crippen molar-refractivity contribution in [2.75, 3.05) is 0 Å². The Hall–Kier alpha value is -1.84. The van der Waals surface area contributed by atoms with Crippen LogP contribution >= 0.6 is 0 Å². The third-order valence-corrected chi connectivity index (χ3v) is 4.66. The van der Waals surface area contributed by atoms with Crippen LogP contribution in [0, 0.1) is 5.92 Å². The fourth-order valence-corrected chi connectivity index (χ4v) is 3.11. The first-order chi connectivity index (χ1) is 12.1. The first kappa shape index (κ1) is 19.5. The van der Waals surface area contributed by atoms with E-state index in [-0.39, 0.29) is 11.8 Å². The standard InChI is InChI=1S/C21H33N3O/c1-4-5-6-7-8-9-12-15-24-19-14-11-10-13-18(19)23-20(24)16-22-21(25)17(2)3/h10-11,13-14,17H,4-9,12,15-16H2,1-3H3,(H,22,25). The van der Waals surface area contributed by atoms with E-state index in [1.54, 1.807) is 0 Å². The number of imidazole rings is 1. The van der Waals surface area contributed by atoms with Gasteiger partial charge in [0.05, 0.1) is 17.6 Å². The molecule has 2 rings (SSSR count). The van der Waals surface area contributed by atoms with E-state index >= 15 is 0 Å². The lowest BCUT2D eigenvalue weighted by molar-refractivity contribution is -0.124. The van der Waals surface area contributed by atoms with Crippen LogP contribution in [0.4, 0.5) is 0 Å². The number of aryl methyl sites for hydroxylation is 1. The predicted octanol–water partition coefficient (Wildman–Crippen LogP) is 5.06. The molecular formula is C21H33N3O. The Morgan fingerprint density at radius 2 is 1.76 bits per heavy atom. The van der Waals surface area contributed by atoms with Crippen LogP contribution in [-0.4, -0.2) is 15.5 Å². The third kappa shape index (κ3) is 5.87. The zero-order valence-corrected chi connectivity index (χ0v) is 16.1. The molecule has 0 bridgehead atoms. The highest BCUT2D eigenvalue weighted by atomic mass is 16.1. The molecule has 0 unspecified atom stereocenters. The number of unbranched alkanes of at least 4 members (excludes halogenated alkanes) is 6. The molecule has 0 saturated heterocycles. The summed E-state index contributed by atoms with van der Waals surface area (Å²) in [6.07, 6.45) is 9.09. The number of amides is 1. The highest BCUT2D eigenvalue weighted by molar-refractivity contribution is 5.78. The second kappa shape index (κ2) is 10.2. The molecule has 0 radical (unpaired) electrons. The molecule has 2 aromatic rings. The van der Waals surface area contributed by atoms with Crippen LogP contribution < -0.4 is 5.32 Å². The molecule has 0 atom stereocenters. The topological polar surface area (TPSA) is 46.9 Å². The molecule has 1 aromatic carbocycles. The highest BCUT2D eigenvalue weighted by Gasteiger charge is 2.12. The van der Waals surface area contributed by atoms with Gasteiger partial charge in [0.2, 0.25) is 5.91 Å². The quantitative estimate of drug-likeness (QED) is 0.580. The van der Waals surface area contributed by atoms with Gasteiger partial charge in [-0.15, -0.1) is 0 Å². The minimum atomic E-state index is 0.000879. The van der Waals surface area contributed by atoms with Crippen molar-refractivity contribution < 1.29 is 4.79 Å². The normalized spacial score (nSPS) is 11.4. The zero-order valence-electron chi connectivity index (χ0n) is 16.1. The van der Waals surface area contributed by atoms with E-state index in [0.29, 0.717) is 6.54 Å². The number of hydrogen-bond acceptors (Lipinski definition) is 2. The summed E-state index contributed by atoms with van der Waals surface area (Å²) in [5, 5.41) is 3.00. The lowest BCUT2D eigenvalue weighted by Gasteiger charge is -2.11. The van der Waals surface area contributed by atoms with Crippen molar-refractivity contribution >= 4 is 16.9 Å². The number of fused-ring (bicyclic) bond motifs is 1. The van der Waals surface area contributed by atoms with Crippen molar-refractivity contribution in [2.24, 2.45) is 5.92 Å². The van der Waals surface area contributed by atoms with Crippen LogP contribution in [0.2, 0.25) is 0 Å². The fourth-order valence-electron chi connectivity index (χ4n) is 3.11. The van der Waals surface area contributed by atoms with E-state index in [2.05, 4.69) is 28.9 Å². The largest absolute Gasteiger partial charge is 0.349 e. The van der Waals surface area contributed by atoms with Gasteiger partial charge in [0.25, 0.3) is 0 Å². The number of aromatic nitrogens is 2. The Labute approximate surface area is 152 Å². The van der Waals surface area contributed by atoms with E-state index in [1.165, 1.54) is 44.0 Å². The van der Waals surface area contributed by atoms with Crippen molar-refractivity contribution in [1.82, 2.24) is 14.9 Å². The summed E-state index contributed by atoms with van der Waals surface area (Å²) in [4.78, 5) is 16.6. The van der Waals surface area contributed by atoms with Crippen LogP contribution in [-0.2, 0) is 17.9 Å². The lowest BCUT2D eigenvalue weighted by Crippen LogP contribution is -2.28. The molecule has 0 aliphatic rings. The van der Waals surface area contributed by atoms with E-state index in [0.717, 1.165) is 24.3 Å². The number of benzene rings is 1. The van der Waals surface area contributed by atoms with Crippen LogP contribution in [0.15, 0.2) is 24.3 Å². The minimum absolute atomic E-state index is 0.000879. The molecule has 1 aromatic heterocycles. The van der Waals surface area contributed by atoms with Crippen LogP contribution in [0.5, 0.6) is 0 Å². The van der Waals surface area contributed by atoms with E-state index in [1.807, 2.05) is 26.0 Å². The Kier molecular flexibility index (Phi) is 7.96. The van der Waals surface area contributed by atoms with Crippen LogP contribution in [0.25, 0.3) is 11.0 Å². The molecule has 1 amide bonds. The first-order valence-corrected chi connectivity index (χ1v) is 9.85. The van der Waals surface area contributed by atoms with Crippen LogP contribution in [0.3, 0.4) is 0 Å². The summed E-state index contributed by atoms with van der Waals surface area (Å²) >= 11 is 0. The van der Waals surface area contributed by atoms with Gasteiger partial charge in [-0.3, -0.25) is 4.79 Å². The van der Waals surface area contributed by atoms with Gasteiger partial charge >= 0.3 is 0 Å². The van der Waals surface area contributed by atoms with Crippen molar-refractivity contribution in [1.29, 1.82) is 0 Å². The summed E-state index contributed by atoms with van der Waals surface area (Å²) in [5.41, 5.74) is 2.18. The summed E-state index contributed by atoms with van der Waals surface area (Å²) < 4.78 is 2.28. The Bertz CT molecular complexity index is 660. The van der Waals surface area contributed by atoms with Gasteiger partial charge in [-0.25, -0.2) is 4.98 Å². The first-order valence-electron chi connectivity index (χ1n) is 9.85. The van der Waals surface area contributed by atoms with E-state index in [9.17, 15) is 4.79 Å².